The molecular weight excluding hydrogens is 440 g/mol. The van der Waals surface area contributed by atoms with Crippen molar-refractivity contribution >= 4 is 21.7 Å². The van der Waals surface area contributed by atoms with Gasteiger partial charge in [0.1, 0.15) is 18.1 Å². The summed E-state index contributed by atoms with van der Waals surface area (Å²) in [5, 5.41) is 7.02. The number of carbonyl (C=O) groups is 1. The second kappa shape index (κ2) is 8.68. The molecule has 0 saturated heterocycles. The summed E-state index contributed by atoms with van der Waals surface area (Å²) in [4.78, 5) is 13.0. The van der Waals surface area contributed by atoms with Gasteiger partial charge in [-0.1, -0.05) is 30.3 Å². The van der Waals surface area contributed by atoms with Crippen molar-refractivity contribution in [1.82, 2.24) is 14.1 Å². The van der Waals surface area contributed by atoms with Crippen LogP contribution >= 0.6 is 0 Å². The summed E-state index contributed by atoms with van der Waals surface area (Å²) < 4.78 is 35.0. The maximum absolute atomic E-state index is 13.3. The number of amides is 1. The monoisotopic (exact) mass is 462 g/mol. The van der Waals surface area contributed by atoms with Gasteiger partial charge >= 0.3 is 0 Å². The number of aromatic nitrogens is 2. The zero-order valence-corrected chi connectivity index (χ0v) is 18.5. The molecule has 5 rings (SSSR count). The van der Waals surface area contributed by atoms with Gasteiger partial charge in [0.15, 0.2) is 0 Å². The normalized spacial score (nSPS) is 14.1. The molecule has 168 valence electrons. The Morgan fingerprint density at radius 3 is 2.70 bits per heavy atom. The Kier molecular flexibility index (Phi) is 5.57. The maximum atomic E-state index is 13.3. The Balaban J connectivity index is 1.34. The third-order valence-electron chi connectivity index (χ3n) is 5.67. The number of nitrogens with zero attached hydrogens (tertiary/aromatic N) is 3. The highest BCUT2D eigenvalue weighted by Crippen LogP contribution is 2.25. The number of hydrogen-bond acceptors (Lipinski definition) is 5. The fraction of sp³-hybridized carbons (Fsp3) is 0.167. The number of fused-ring (bicyclic) bond motifs is 1. The molecule has 0 bridgehead atoms. The van der Waals surface area contributed by atoms with Crippen LogP contribution in [0.3, 0.4) is 0 Å². The molecule has 0 fully saturated rings. The quantitative estimate of drug-likeness (QED) is 0.473. The third-order valence-corrected chi connectivity index (χ3v) is 7.51. The van der Waals surface area contributed by atoms with E-state index in [1.54, 1.807) is 41.4 Å². The van der Waals surface area contributed by atoms with Gasteiger partial charge in [-0.2, -0.15) is 9.40 Å². The Bertz CT molecular complexity index is 1390. The van der Waals surface area contributed by atoms with E-state index >= 15 is 0 Å². The highest BCUT2D eigenvalue weighted by molar-refractivity contribution is 7.89. The first-order valence-corrected chi connectivity index (χ1v) is 12.0. The molecule has 0 saturated carbocycles. The molecular formula is C24H22N4O4S. The summed E-state index contributed by atoms with van der Waals surface area (Å²) in [6.45, 7) is 1.09. The van der Waals surface area contributed by atoms with Crippen molar-refractivity contribution < 1.29 is 17.6 Å². The summed E-state index contributed by atoms with van der Waals surface area (Å²) in [6.07, 6.45) is 3.81. The van der Waals surface area contributed by atoms with Crippen LogP contribution in [0.2, 0.25) is 0 Å². The van der Waals surface area contributed by atoms with Gasteiger partial charge in [-0.25, -0.2) is 13.1 Å². The molecule has 0 atom stereocenters. The number of rotatable bonds is 6. The highest BCUT2D eigenvalue weighted by atomic mass is 32.2. The number of nitrogens with one attached hydrogen (secondary N) is 1. The van der Waals surface area contributed by atoms with Crippen molar-refractivity contribution in [1.29, 1.82) is 0 Å². The second-order valence-electron chi connectivity index (χ2n) is 7.79. The highest BCUT2D eigenvalue weighted by Gasteiger charge is 2.28. The van der Waals surface area contributed by atoms with Gasteiger partial charge in [0.05, 0.1) is 17.4 Å². The van der Waals surface area contributed by atoms with Crippen molar-refractivity contribution in [2.75, 3.05) is 11.9 Å². The zero-order chi connectivity index (χ0) is 22.8. The minimum atomic E-state index is -3.74. The van der Waals surface area contributed by atoms with Crippen LogP contribution in [0.5, 0.6) is 0 Å². The Labute approximate surface area is 191 Å². The van der Waals surface area contributed by atoms with Crippen molar-refractivity contribution in [3.8, 4) is 0 Å². The van der Waals surface area contributed by atoms with E-state index in [2.05, 4.69) is 10.4 Å². The van der Waals surface area contributed by atoms with Crippen LogP contribution in [0.1, 0.15) is 27.2 Å². The van der Waals surface area contributed by atoms with Crippen LogP contribution in [0, 0.1) is 0 Å². The van der Waals surface area contributed by atoms with Crippen molar-refractivity contribution in [3.63, 3.8) is 0 Å². The smallest absolute Gasteiger partial charge is 0.256 e. The van der Waals surface area contributed by atoms with Crippen molar-refractivity contribution in [2.24, 2.45) is 0 Å². The molecule has 33 heavy (non-hydrogen) atoms. The van der Waals surface area contributed by atoms with Gasteiger partial charge in [-0.3, -0.25) is 4.79 Å². The molecule has 9 heteroatoms. The summed E-state index contributed by atoms with van der Waals surface area (Å²) in [6, 6.07) is 19.2. The minimum absolute atomic E-state index is 0.0959. The molecule has 0 spiro atoms. The van der Waals surface area contributed by atoms with Crippen LogP contribution in [0.4, 0.5) is 5.82 Å². The van der Waals surface area contributed by atoms with Crippen LogP contribution < -0.4 is 5.32 Å². The average Bonchev–Trinajstić information content (AvgIpc) is 3.51. The molecule has 2 aromatic carbocycles. The van der Waals surface area contributed by atoms with Gasteiger partial charge in [-0.05, 0) is 47.9 Å². The molecule has 0 aliphatic carbocycles. The third kappa shape index (κ3) is 4.33. The lowest BCUT2D eigenvalue weighted by molar-refractivity contribution is 0.102. The van der Waals surface area contributed by atoms with Crippen LogP contribution in [0.25, 0.3) is 0 Å². The predicted octanol–water partition coefficient (Wildman–Crippen LogP) is 3.52. The van der Waals surface area contributed by atoms with Crippen LogP contribution in [-0.2, 0) is 29.5 Å². The lowest BCUT2D eigenvalue weighted by Crippen LogP contribution is -2.36. The Hall–Kier alpha value is -3.69. The summed E-state index contributed by atoms with van der Waals surface area (Å²) >= 11 is 0. The van der Waals surface area contributed by atoms with Crippen molar-refractivity contribution in [3.05, 3.63) is 102 Å². The van der Waals surface area contributed by atoms with E-state index < -0.39 is 15.9 Å². The van der Waals surface area contributed by atoms with E-state index in [0.717, 1.165) is 5.56 Å². The fourth-order valence-corrected chi connectivity index (χ4v) is 5.39. The molecule has 1 N–H and O–H groups in total. The van der Waals surface area contributed by atoms with Gasteiger partial charge in [0.25, 0.3) is 5.91 Å². The average molecular weight is 463 g/mol. The minimum Gasteiger partial charge on any atom is -0.467 e. The van der Waals surface area contributed by atoms with E-state index in [1.165, 1.54) is 22.0 Å². The molecule has 4 aromatic rings. The predicted molar refractivity (Wildman–Crippen MR) is 122 cm³/mol. The first-order valence-electron chi connectivity index (χ1n) is 10.5. The van der Waals surface area contributed by atoms with Gasteiger partial charge in [0.2, 0.25) is 10.0 Å². The summed E-state index contributed by atoms with van der Waals surface area (Å²) in [5.41, 5.74) is 2.42. The van der Waals surface area contributed by atoms with E-state index in [-0.39, 0.29) is 10.5 Å². The molecule has 1 amide bonds. The molecule has 3 heterocycles. The van der Waals surface area contributed by atoms with Gasteiger partial charge in [0, 0.05) is 24.7 Å². The number of furan rings is 1. The van der Waals surface area contributed by atoms with Crippen LogP contribution in [-0.4, -0.2) is 35.0 Å². The topological polar surface area (TPSA) is 97.4 Å². The molecule has 8 nitrogen and oxygen atoms in total. The molecule has 1 aliphatic rings. The van der Waals surface area contributed by atoms with Crippen molar-refractivity contribution in [2.45, 2.75) is 24.4 Å². The van der Waals surface area contributed by atoms with E-state index in [1.807, 2.05) is 30.3 Å². The maximum Gasteiger partial charge on any atom is 0.256 e. The van der Waals surface area contributed by atoms with E-state index in [0.29, 0.717) is 37.6 Å². The number of hydrogen-bond donors (Lipinski definition) is 1. The zero-order valence-electron chi connectivity index (χ0n) is 17.7. The number of carbonyl (C=O) groups excluding carboxylic acids is 1. The second-order valence-corrected chi connectivity index (χ2v) is 9.73. The summed E-state index contributed by atoms with van der Waals surface area (Å²) in [5.74, 6) is 0.764. The lowest BCUT2D eigenvalue weighted by atomic mass is 10.0. The molecule has 1 aliphatic heterocycles. The SMILES string of the molecule is O=C(Nc1ccnn1Cc1ccco1)c1cccc(S(=O)(=O)N2CCc3ccccc3C2)c1. The Morgan fingerprint density at radius 2 is 1.88 bits per heavy atom. The molecule has 2 aromatic heterocycles. The molecule has 0 unspecified atom stereocenters. The van der Waals surface area contributed by atoms with Gasteiger partial charge < -0.3 is 9.73 Å². The van der Waals surface area contributed by atoms with Crippen LogP contribution in [0.15, 0.2) is 88.5 Å². The number of sulfonamides is 1. The first-order chi connectivity index (χ1) is 16.0. The fourth-order valence-electron chi connectivity index (χ4n) is 3.93. The Morgan fingerprint density at radius 1 is 1.03 bits per heavy atom. The number of benzene rings is 2. The summed E-state index contributed by atoms with van der Waals surface area (Å²) in [7, 11) is -3.74. The van der Waals surface area contributed by atoms with E-state index in [9.17, 15) is 13.2 Å². The largest absolute Gasteiger partial charge is 0.467 e. The first kappa shape index (κ1) is 21.2. The van der Waals surface area contributed by atoms with Gasteiger partial charge in [-0.15, -0.1) is 0 Å². The standard InChI is InChI=1S/C24H22N4O4S/c29-24(26-23-10-12-25-28(23)17-21-8-4-14-32-21)19-7-3-9-22(15-19)33(30,31)27-13-11-18-5-1-2-6-20(18)16-27/h1-10,12,14-15H,11,13,16-17H2,(H,26,29). The van der Waals surface area contributed by atoms with E-state index in [4.69, 9.17) is 4.42 Å². The molecule has 0 radical (unpaired) electrons. The lowest BCUT2D eigenvalue weighted by Gasteiger charge is -2.28. The number of anilines is 1.